The van der Waals surface area contributed by atoms with Gasteiger partial charge in [0, 0.05) is 0 Å². The Kier molecular flexibility index (Phi) is 5.89. The normalized spacial score (nSPS) is 11.3. The molecule has 2 N–H and O–H groups in total. The minimum Gasteiger partial charge on any atom is -0.495 e. The molecule has 2 amide bonds. The fourth-order valence-electron chi connectivity index (χ4n) is 2.31. The van der Waals surface area contributed by atoms with Crippen LogP contribution < -0.4 is 24.8 Å². The molecule has 24 heavy (non-hydrogen) atoms. The summed E-state index contributed by atoms with van der Waals surface area (Å²) in [5.41, 5.74) is 1.51. The number of carbonyl (C=O) groups excluding carboxylic acids is 1. The number of anilines is 1. The third-order valence-electron chi connectivity index (χ3n) is 3.61. The molecule has 0 aliphatic heterocycles. The van der Waals surface area contributed by atoms with Gasteiger partial charge in [0.2, 0.25) is 0 Å². The lowest BCUT2D eigenvalue weighted by Crippen LogP contribution is -2.31. The quantitative estimate of drug-likeness (QED) is 0.849. The highest BCUT2D eigenvalue weighted by Crippen LogP contribution is 2.30. The number of methoxy groups -OCH3 is 3. The molecule has 2 rings (SSSR count). The summed E-state index contributed by atoms with van der Waals surface area (Å²) in [6.07, 6.45) is 0. The SMILES string of the molecule is COc1ccccc1NC(=O)N[C@@H](C)c1ccc(OC)c(OC)c1. The molecule has 0 saturated heterocycles. The van der Waals surface area contributed by atoms with E-state index in [0.29, 0.717) is 22.9 Å². The van der Waals surface area contributed by atoms with Gasteiger partial charge in [0.05, 0.1) is 33.1 Å². The van der Waals surface area contributed by atoms with Crippen molar-refractivity contribution in [2.24, 2.45) is 0 Å². The largest absolute Gasteiger partial charge is 0.495 e. The second kappa shape index (κ2) is 8.10. The lowest BCUT2D eigenvalue weighted by Gasteiger charge is -2.17. The van der Waals surface area contributed by atoms with Gasteiger partial charge in [0.1, 0.15) is 5.75 Å². The number of ether oxygens (including phenoxy) is 3. The Bertz CT molecular complexity index is 703. The zero-order chi connectivity index (χ0) is 17.5. The summed E-state index contributed by atoms with van der Waals surface area (Å²) >= 11 is 0. The van der Waals surface area contributed by atoms with Crippen molar-refractivity contribution >= 4 is 11.7 Å². The molecule has 0 radical (unpaired) electrons. The first-order valence-electron chi connectivity index (χ1n) is 7.51. The zero-order valence-electron chi connectivity index (χ0n) is 14.3. The summed E-state index contributed by atoms with van der Waals surface area (Å²) in [6.45, 7) is 1.89. The van der Waals surface area contributed by atoms with Gasteiger partial charge in [-0.25, -0.2) is 4.79 Å². The van der Waals surface area contributed by atoms with E-state index < -0.39 is 0 Å². The maximum atomic E-state index is 12.2. The Balaban J connectivity index is 2.06. The molecule has 0 bridgehead atoms. The molecular formula is C18H22N2O4. The minimum absolute atomic E-state index is 0.209. The molecule has 0 heterocycles. The van der Waals surface area contributed by atoms with Crippen molar-refractivity contribution in [3.05, 3.63) is 48.0 Å². The standard InChI is InChI=1S/C18H22N2O4/c1-12(13-9-10-16(23-3)17(11-13)24-4)19-18(21)20-14-7-5-6-8-15(14)22-2/h5-12H,1-4H3,(H2,19,20,21)/t12-/m0/s1. The smallest absolute Gasteiger partial charge is 0.319 e. The highest BCUT2D eigenvalue weighted by molar-refractivity contribution is 5.91. The number of nitrogens with one attached hydrogen (secondary N) is 2. The van der Waals surface area contributed by atoms with Crippen molar-refractivity contribution in [1.29, 1.82) is 0 Å². The monoisotopic (exact) mass is 330 g/mol. The maximum absolute atomic E-state index is 12.2. The second-order valence-electron chi connectivity index (χ2n) is 5.13. The van der Waals surface area contributed by atoms with E-state index in [9.17, 15) is 4.79 Å². The molecule has 0 saturated carbocycles. The molecule has 0 spiro atoms. The fourth-order valence-corrected chi connectivity index (χ4v) is 2.31. The molecule has 0 unspecified atom stereocenters. The van der Waals surface area contributed by atoms with Crippen LogP contribution in [-0.4, -0.2) is 27.4 Å². The van der Waals surface area contributed by atoms with Gasteiger partial charge in [-0.05, 0) is 36.8 Å². The van der Waals surface area contributed by atoms with Crippen LogP contribution in [0.1, 0.15) is 18.5 Å². The predicted molar refractivity (Wildman–Crippen MR) is 93.1 cm³/mol. The summed E-state index contributed by atoms with van der Waals surface area (Å²) < 4.78 is 15.7. The number of para-hydroxylation sites is 2. The molecular weight excluding hydrogens is 308 g/mol. The van der Waals surface area contributed by atoms with E-state index in [-0.39, 0.29) is 12.1 Å². The van der Waals surface area contributed by atoms with E-state index in [1.807, 2.05) is 37.3 Å². The number of urea groups is 1. The third kappa shape index (κ3) is 4.10. The number of hydrogen-bond donors (Lipinski definition) is 2. The van der Waals surface area contributed by atoms with Gasteiger partial charge >= 0.3 is 6.03 Å². The molecule has 6 heteroatoms. The second-order valence-corrected chi connectivity index (χ2v) is 5.13. The van der Waals surface area contributed by atoms with Crippen molar-refractivity contribution in [3.8, 4) is 17.2 Å². The van der Waals surface area contributed by atoms with Gasteiger partial charge in [0.25, 0.3) is 0 Å². The third-order valence-corrected chi connectivity index (χ3v) is 3.61. The van der Waals surface area contributed by atoms with Crippen molar-refractivity contribution in [2.75, 3.05) is 26.6 Å². The van der Waals surface area contributed by atoms with Crippen LogP contribution in [0.5, 0.6) is 17.2 Å². The number of hydrogen-bond acceptors (Lipinski definition) is 4. The van der Waals surface area contributed by atoms with Crippen LogP contribution in [0.4, 0.5) is 10.5 Å². The Morgan fingerprint density at radius 2 is 1.58 bits per heavy atom. The molecule has 6 nitrogen and oxygen atoms in total. The summed E-state index contributed by atoms with van der Waals surface area (Å²) in [4.78, 5) is 12.2. The molecule has 2 aromatic rings. The van der Waals surface area contributed by atoms with Crippen LogP contribution in [0.15, 0.2) is 42.5 Å². The first kappa shape index (κ1) is 17.5. The van der Waals surface area contributed by atoms with Gasteiger partial charge in [-0.1, -0.05) is 18.2 Å². The average molecular weight is 330 g/mol. The first-order valence-corrected chi connectivity index (χ1v) is 7.51. The molecule has 2 aromatic carbocycles. The van der Waals surface area contributed by atoms with E-state index in [1.54, 1.807) is 33.5 Å². The number of carbonyl (C=O) groups is 1. The molecule has 128 valence electrons. The summed E-state index contributed by atoms with van der Waals surface area (Å²) in [5, 5.41) is 5.67. The summed E-state index contributed by atoms with van der Waals surface area (Å²) in [7, 11) is 4.72. The van der Waals surface area contributed by atoms with Crippen LogP contribution in [0.2, 0.25) is 0 Å². The van der Waals surface area contributed by atoms with Crippen molar-refractivity contribution < 1.29 is 19.0 Å². The van der Waals surface area contributed by atoms with Crippen LogP contribution in [0.3, 0.4) is 0 Å². The van der Waals surface area contributed by atoms with E-state index >= 15 is 0 Å². The van der Waals surface area contributed by atoms with E-state index in [1.165, 1.54) is 0 Å². The van der Waals surface area contributed by atoms with E-state index in [0.717, 1.165) is 5.56 Å². The Hall–Kier alpha value is -2.89. The maximum Gasteiger partial charge on any atom is 0.319 e. The number of rotatable bonds is 6. The highest BCUT2D eigenvalue weighted by atomic mass is 16.5. The van der Waals surface area contributed by atoms with E-state index in [4.69, 9.17) is 14.2 Å². The Labute approximate surface area is 141 Å². The van der Waals surface area contributed by atoms with Gasteiger partial charge in [-0.3, -0.25) is 0 Å². The van der Waals surface area contributed by atoms with Gasteiger partial charge in [-0.15, -0.1) is 0 Å². The molecule has 1 atom stereocenters. The van der Waals surface area contributed by atoms with Crippen LogP contribution in [0.25, 0.3) is 0 Å². The minimum atomic E-state index is -0.318. The zero-order valence-corrected chi connectivity index (χ0v) is 14.3. The van der Waals surface area contributed by atoms with Crippen LogP contribution in [0, 0.1) is 0 Å². The van der Waals surface area contributed by atoms with Gasteiger partial charge in [0.15, 0.2) is 11.5 Å². The lowest BCUT2D eigenvalue weighted by atomic mass is 10.1. The van der Waals surface area contributed by atoms with Crippen molar-refractivity contribution in [1.82, 2.24) is 5.32 Å². The fraction of sp³-hybridized carbons (Fsp3) is 0.278. The number of benzene rings is 2. The molecule has 0 aliphatic carbocycles. The molecule has 0 aromatic heterocycles. The van der Waals surface area contributed by atoms with Crippen molar-refractivity contribution in [3.63, 3.8) is 0 Å². The topological polar surface area (TPSA) is 68.8 Å². The van der Waals surface area contributed by atoms with E-state index in [2.05, 4.69) is 10.6 Å². The summed E-state index contributed by atoms with van der Waals surface area (Å²) in [5.74, 6) is 1.87. The number of amides is 2. The predicted octanol–water partition coefficient (Wildman–Crippen LogP) is 3.60. The Morgan fingerprint density at radius 3 is 2.25 bits per heavy atom. The van der Waals surface area contributed by atoms with Gasteiger partial charge in [-0.2, -0.15) is 0 Å². The lowest BCUT2D eigenvalue weighted by molar-refractivity contribution is 0.249. The average Bonchev–Trinajstić information content (AvgIpc) is 2.61. The first-order chi connectivity index (χ1) is 11.6. The summed E-state index contributed by atoms with van der Waals surface area (Å²) in [6, 6.07) is 12.2. The highest BCUT2D eigenvalue weighted by Gasteiger charge is 2.13. The molecule has 0 fully saturated rings. The Morgan fingerprint density at radius 1 is 0.917 bits per heavy atom. The molecule has 0 aliphatic rings. The van der Waals surface area contributed by atoms with Gasteiger partial charge < -0.3 is 24.8 Å². The van der Waals surface area contributed by atoms with Crippen molar-refractivity contribution in [2.45, 2.75) is 13.0 Å². The van der Waals surface area contributed by atoms with Crippen LogP contribution in [-0.2, 0) is 0 Å². The van der Waals surface area contributed by atoms with Crippen LogP contribution >= 0.6 is 0 Å².